The normalized spacial score (nSPS) is 12.7. The van der Waals surface area contributed by atoms with E-state index in [1.807, 2.05) is 0 Å². The van der Waals surface area contributed by atoms with Crippen LogP contribution >= 0.6 is 11.6 Å². The van der Waals surface area contributed by atoms with Crippen molar-refractivity contribution in [3.8, 4) is 0 Å². The molecule has 0 aliphatic carbocycles. The van der Waals surface area contributed by atoms with Crippen molar-refractivity contribution in [1.82, 2.24) is 4.31 Å². The minimum Gasteiger partial charge on any atom is -0.395 e. The van der Waals surface area contributed by atoms with Gasteiger partial charge in [0.05, 0.1) is 6.61 Å². The van der Waals surface area contributed by atoms with E-state index in [0.717, 1.165) is 11.0 Å². The lowest BCUT2D eigenvalue weighted by Gasteiger charge is -2.23. The van der Waals surface area contributed by atoms with Gasteiger partial charge in [-0.05, 0) is 37.6 Å². The highest BCUT2D eigenvalue weighted by Gasteiger charge is 2.21. The zero-order chi connectivity index (χ0) is 14.5. The summed E-state index contributed by atoms with van der Waals surface area (Å²) in [6, 6.07) is 6.66. The van der Waals surface area contributed by atoms with Crippen molar-refractivity contribution in [3.05, 3.63) is 40.3 Å². The zero-order valence-electron chi connectivity index (χ0n) is 11.0. The first-order valence-electron chi connectivity index (χ1n) is 5.93. The molecule has 1 aromatic carbocycles. The third kappa shape index (κ3) is 4.95. The van der Waals surface area contributed by atoms with Crippen molar-refractivity contribution in [2.24, 2.45) is 0 Å². The number of hydrogen-bond donors (Lipinski definition) is 1. The molecule has 0 heterocycles. The van der Waals surface area contributed by atoms with E-state index in [9.17, 15) is 8.42 Å². The average molecular weight is 304 g/mol. The lowest BCUT2D eigenvalue weighted by molar-refractivity contribution is 0.238. The first-order chi connectivity index (χ1) is 8.86. The summed E-state index contributed by atoms with van der Waals surface area (Å²) in [5.74, 6) is 0. The van der Waals surface area contributed by atoms with Gasteiger partial charge in [0.1, 0.15) is 0 Å². The zero-order valence-corrected chi connectivity index (χ0v) is 12.5. The van der Waals surface area contributed by atoms with Gasteiger partial charge in [-0.25, -0.2) is 8.42 Å². The van der Waals surface area contributed by atoms with E-state index >= 15 is 0 Å². The van der Waals surface area contributed by atoms with Crippen LogP contribution in [0.5, 0.6) is 0 Å². The van der Waals surface area contributed by atoms with Crippen LogP contribution in [0, 0.1) is 0 Å². The van der Waals surface area contributed by atoms with E-state index in [-0.39, 0.29) is 19.2 Å². The predicted octanol–water partition coefficient (Wildman–Crippen LogP) is 2.34. The second-order valence-corrected chi connectivity index (χ2v) is 6.53. The van der Waals surface area contributed by atoms with Crippen LogP contribution in [-0.2, 0) is 10.0 Å². The van der Waals surface area contributed by atoms with Crippen LogP contribution in [0.15, 0.2) is 29.7 Å². The Kier molecular flexibility index (Phi) is 6.00. The lowest BCUT2D eigenvalue weighted by atomic mass is 10.2. The Balaban J connectivity index is 2.91. The quantitative estimate of drug-likeness (QED) is 0.877. The molecule has 0 atom stereocenters. The molecular formula is C13H18ClNO3S. The Morgan fingerprint density at radius 2 is 1.89 bits per heavy atom. The molecule has 106 valence electrons. The fourth-order valence-corrected chi connectivity index (χ4v) is 3.13. The molecule has 0 aliphatic rings. The highest BCUT2D eigenvalue weighted by molar-refractivity contribution is 7.92. The highest BCUT2D eigenvalue weighted by Crippen LogP contribution is 2.13. The van der Waals surface area contributed by atoms with Gasteiger partial charge in [-0.3, -0.25) is 0 Å². The molecule has 0 aliphatic heterocycles. The molecule has 19 heavy (non-hydrogen) atoms. The van der Waals surface area contributed by atoms with Crippen molar-refractivity contribution in [2.75, 3.05) is 13.2 Å². The Morgan fingerprint density at radius 1 is 1.32 bits per heavy atom. The van der Waals surface area contributed by atoms with E-state index in [2.05, 4.69) is 0 Å². The first-order valence-corrected chi connectivity index (χ1v) is 7.81. The van der Waals surface area contributed by atoms with Gasteiger partial charge in [0.2, 0.25) is 10.0 Å². The van der Waals surface area contributed by atoms with Crippen molar-refractivity contribution >= 4 is 27.7 Å². The summed E-state index contributed by atoms with van der Waals surface area (Å²) in [6.07, 6.45) is 1.51. The van der Waals surface area contributed by atoms with Gasteiger partial charge < -0.3 is 5.11 Å². The van der Waals surface area contributed by atoms with Crippen molar-refractivity contribution in [1.29, 1.82) is 0 Å². The van der Waals surface area contributed by atoms with Gasteiger partial charge in [0.25, 0.3) is 0 Å². The Bertz CT molecular complexity index is 523. The molecule has 0 radical (unpaired) electrons. The number of aliphatic hydroxyl groups is 1. The summed E-state index contributed by atoms with van der Waals surface area (Å²) >= 11 is 5.76. The molecule has 0 amide bonds. The van der Waals surface area contributed by atoms with E-state index < -0.39 is 10.0 Å². The molecule has 0 saturated heterocycles. The molecule has 1 rings (SSSR count). The molecule has 1 aromatic rings. The third-order valence-corrected chi connectivity index (χ3v) is 4.52. The maximum absolute atomic E-state index is 12.1. The smallest absolute Gasteiger partial charge is 0.236 e. The van der Waals surface area contributed by atoms with E-state index in [0.29, 0.717) is 5.02 Å². The monoisotopic (exact) mass is 303 g/mol. The first kappa shape index (κ1) is 16.2. The van der Waals surface area contributed by atoms with Crippen LogP contribution in [0.1, 0.15) is 19.4 Å². The number of hydrogen-bond acceptors (Lipinski definition) is 3. The molecule has 0 spiro atoms. The summed E-state index contributed by atoms with van der Waals surface area (Å²) in [5, 5.41) is 10.7. The molecule has 0 fully saturated rings. The molecule has 0 aromatic heterocycles. The van der Waals surface area contributed by atoms with Crippen LogP contribution in [0.25, 0.3) is 6.08 Å². The van der Waals surface area contributed by atoms with E-state index in [4.69, 9.17) is 16.7 Å². The van der Waals surface area contributed by atoms with Crippen LogP contribution in [0.2, 0.25) is 5.02 Å². The molecule has 6 heteroatoms. The van der Waals surface area contributed by atoms with Gasteiger partial charge in [-0.15, -0.1) is 0 Å². The van der Waals surface area contributed by atoms with Gasteiger partial charge in [0, 0.05) is 23.0 Å². The van der Waals surface area contributed by atoms with E-state index in [1.165, 1.54) is 10.4 Å². The minimum atomic E-state index is -3.53. The Labute approximate surface area is 119 Å². The molecular weight excluding hydrogens is 286 g/mol. The summed E-state index contributed by atoms with van der Waals surface area (Å²) < 4.78 is 25.5. The largest absolute Gasteiger partial charge is 0.395 e. The summed E-state index contributed by atoms with van der Waals surface area (Å²) in [5.41, 5.74) is 0.751. The summed E-state index contributed by atoms with van der Waals surface area (Å²) in [4.78, 5) is 0. The SMILES string of the molecule is CC(C)N(CCO)S(=O)(=O)/C=C/c1ccc(Cl)cc1. The minimum absolute atomic E-state index is 0.0883. The predicted molar refractivity (Wildman–Crippen MR) is 78.3 cm³/mol. The van der Waals surface area contributed by atoms with Gasteiger partial charge in [-0.1, -0.05) is 23.7 Å². The summed E-state index contributed by atoms with van der Waals surface area (Å²) in [7, 11) is -3.53. The second-order valence-electron chi connectivity index (χ2n) is 4.33. The van der Waals surface area contributed by atoms with Gasteiger partial charge >= 0.3 is 0 Å². The molecule has 0 unspecified atom stereocenters. The standard InChI is InChI=1S/C13H18ClNO3S/c1-11(2)15(8-9-16)19(17,18)10-7-12-3-5-13(14)6-4-12/h3-7,10-11,16H,8-9H2,1-2H3/b10-7+. The highest BCUT2D eigenvalue weighted by atomic mass is 35.5. The average Bonchev–Trinajstić information content (AvgIpc) is 2.34. The maximum atomic E-state index is 12.1. The van der Waals surface area contributed by atoms with Gasteiger partial charge in [0.15, 0.2) is 0 Å². The topological polar surface area (TPSA) is 57.6 Å². The number of rotatable bonds is 6. The number of nitrogens with zero attached hydrogens (tertiary/aromatic N) is 1. The van der Waals surface area contributed by atoms with E-state index in [1.54, 1.807) is 38.1 Å². The molecule has 4 nitrogen and oxygen atoms in total. The molecule has 0 bridgehead atoms. The Hall–Kier alpha value is -0.880. The number of sulfonamides is 1. The van der Waals surface area contributed by atoms with Crippen molar-refractivity contribution in [3.63, 3.8) is 0 Å². The lowest BCUT2D eigenvalue weighted by Crippen LogP contribution is -2.37. The van der Waals surface area contributed by atoms with Gasteiger partial charge in [-0.2, -0.15) is 4.31 Å². The van der Waals surface area contributed by atoms with Crippen LogP contribution in [0.4, 0.5) is 0 Å². The third-order valence-electron chi connectivity index (χ3n) is 2.53. The summed E-state index contributed by atoms with van der Waals surface area (Å²) in [6.45, 7) is 3.42. The fourth-order valence-electron chi connectivity index (χ4n) is 1.59. The van der Waals surface area contributed by atoms with Crippen molar-refractivity contribution < 1.29 is 13.5 Å². The number of benzene rings is 1. The second kappa shape index (κ2) is 7.05. The molecule has 1 N–H and O–H groups in total. The fraction of sp³-hybridized carbons (Fsp3) is 0.385. The maximum Gasteiger partial charge on any atom is 0.236 e. The molecule has 0 saturated carbocycles. The van der Waals surface area contributed by atoms with Crippen LogP contribution < -0.4 is 0 Å². The van der Waals surface area contributed by atoms with Crippen molar-refractivity contribution in [2.45, 2.75) is 19.9 Å². The Morgan fingerprint density at radius 3 is 2.37 bits per heavy atom. The van der Waals surface area contributed by atoms with Crippen LogP contribution in [0.3, 0.4) is 0 Å². The number of halogens is 1. The number of aliphatic hydroxyl groups excluding tert-OH is 1. The van der Waals surface area contributed by atoms with Crippen LogP contribution in [-0.4, -0.2) is 37.0 Å².